The molecule has 0 bridgehead atoms. The summed E-state index contributed by atoms with van der Waals surface area (Å²) in [5, 5.41) is 4.19. The maximum atomic E-state index is 11.5. The van der Waals surface area contributed by atoms with Crippen molar-refractivity contribution in [2.45, 2.75) is 38.9 Å². The molecule has 2 heterocycles. The molecule has 1 aliphatic rings. The Labute approximate surface area is 88.8 Å². The van der Waals surface area contributed by atoms with Crippen LogP contribution in [0.25, 0.3) is 0 Å². The molecule has 5 heteroatoms. The highest BCUT2D eigenvalue weighted by Crippen LogP contribution is 2.26. The third-order valence-corrected chi connectivity index (χ3v) is 2.84. The summed E-state index contributed by atoms with van der Waals surface area (Å²) in [6.45, 7) is 6.03. The first-order valence-electron chi connectivity index (χ1n) is 5.15. The summed E-state index contributed by atoms with van der Waals surface area (Å²) in [4.78, 5) is 13.2. The second-order valence-electron chi connectivity index (χ2n) is 4.25. The van der Waals surface area contributed by atoms with Crippen molar-refractivity contribution in [3.05, 3.63) is 12.4 Å². The van der Waals surface area contributed by atoms with E-state index in [1.807, 2.05) is 31.6 Å². The fourth-order valence-electron chi connectivity index (χ4n) is 1.74. The molecule has 1 fully saturated rings. The van der Waals surface area contributed by atoms with Crippen LogP contribution in [0.2, 0.25) is 0 Å². The van der Waals surface area contributed by atoms with Gasteiger partial charge in [-0.15, -0.1) is 0 Å². The smallest absolute Gasteiger partial charge is 0.246 e. The normalized spacial score (nSPS) is 25.9. The van der Waals surface area contributed by atoms with E-state index < -0.39 is 0 Å². The summed E-state index contributed by atoms with van der Waals surface area (Å²) < 4.78 is 1.83. The number of nitrogens with zero attached hydrogens (tertiary/aromatic N) is 3. The van der Waals surface area contributed by atoms with E-state index in [-0.39, 0.29) is 18.0 Å². The second kappa shape index (κ2) is 3.34. The van der Waals surface area contributed by atoms with Crippen LogP contribution < -0.4 is 10.6 Å². The van der Waals surface area contributed by atoms with E-state index in [9.17, 15) is 4.79 Å². The Morgan fingerprint density at radius 1 is 1.53 bits per heavy atom. The molecule has 1 aromatic heterocycles. The molecule has 15 heavy (non-hydrogen) atoms. The molecule has 0 spiro atoms. The van der Waals surface area contributed by atoms with Gasteiger partial charge in [-0.25, -0.2) is 0 Å². The number of aromatic nitrogens is 2. The molecule has 1 saturated heterocycles. The molecule has 2 rings (SSSR count). The first-order chi connectivity index (χ1) is 7.02. The Hall–Kier alpha value is -1.36. The van der Waals surface area contributed by atoms with Gasteiger partial charge >= 0.3 is 0 Å². The number of rotatable bonds is 2. The average Bonchev–Trinajstić information content (AvgIpc) is 2.66. The van der Waals surface area contributed by atoms with E-state index in [2.05, 4.69) is 5.10 Å². The van der Waals surface area contributed by atoms with Gasteiger partial charge in [-0.05, 0) is 20.8 Å². The molecule has 0 aliphatic carbocycles. The lowest BCUT2D eigenvalue weighted by Gasteiger charge is -2.42. The first kappa shape index (κ1) is 10.2. The van der Waals surface area contributed by atoms with Gasteiger partial charge in [-0.2, -0.15) is 5.10 Å². The van der Waals surface area contributed by atoms with Crippen molar-refractivity contribution in [3.63, 3.8) is 0 Å². The summed E-state index contributed by atoms with van der Waals surface area (Å²) in [5.41, 5.74) is 6.48. The highest BCUT2D eigenvalue weighted by Gasteiger charge is 2.43. The maximum absolute atomic E-state index is 11.5. The summed E-state index contributed by atoms with van der Waals surface area (Å²) in [7, 11) is 0. The van der Waals surface area contributed by atoms with Gasteiger partial charge in [-0.1, -0.05) is 0 Å². The van der Waals surface area contributed by atoms with E-state index in [4.69, 9.17) is 5.73 Å². The Morgan fingerprint density at radius 2 is 2.20 bits per heavy atom. The van der Waals surface area contributed by atoms with Crippen LogP contribution >= 0.6 is 0 Å². The lowest BCUT2D eigenvalue weighted by molar-refractivity contribution is -0.125. The largest absolute Gasteiger partial charge is 0.318 e. The van der Waals surface area contributed by atoms with Gasteiger partial charge in [-0.3, -0.25) is 9.48 Å². The van der Waals surface area contributed by atoms with Crippen molar-refractivity contribution in [3.8, 4) is 0 Å². The van der Waals surface area contributed by atoms with Crippen LogP contribution in [-0.2, 0) is 4.79 Å². The van der Waals surface area contributed by atoms with Crippen molar-refractivity contribution >= 4 is 11.6 Å². The molecule has 0 unspecified atom stereocenters. The third kappa shape index (κ3) is 1.43. The molecule has 1 amide bonds. The molecular formula is C10H16N4O. The van der Waals surface area contributed by atoms with E-state index >= 15 is 0 Å². The van der Waals surface area contributed by atoms with Crippen molar-refractivity contribution in [1.29, 1.82) is 0 Å². The van der Waals surface area contributed by atoms with Crippen LogP contribution in [0.15, 0.2) is 12.4 Å². The molecule has 0 radical (unpaired) electrons. The number of β-lactam (4-membered cyclic amide) rings is 1. The molecule has 1 aliphatic heterocycles. The fraction of sp³-hybridized carbons (Fsp3) is 0.600. The van der Waals surface area contributed by atoms with Gasteiger partial charge in [0.25, 0.3) is 0 Å². The van der Waals surface area contributed by atoms with Crippen molar-refractivity contribution in [1.82, 2.24) is 9.78 Å². The topological polar surface area (TPSA) is 64.2 Å². The minimum atomic E-state index is -0.354. The SMILES string of the molecule is CC(C)n1cc(N2C(=O)[C@H](N)[C@@H]2C)cn1. The predicted molar refractivity (Wildman–Crippen MR) is 57.5 cm³/mol. The predicted octanol–water partition coefficient (Wildman–Crippen LogP) is 0.526. The van der Waals surface area contributed by atoms with Crippen molar-refractivity contribution < 1.29 is 4.79 Å². The lowest BCUT2D eigenvalue weighted by atomic mass is 9.97. The number of nitrogens with two attached hydrogens (primary N) is 1. The molecule has 82 valence electrons. The minimum absolute atomic E-state index is 0.0224. The van der Waals surface area contributed by atoms with Gasteiger partial charge in [0, 0.05) is 12.2 Å². The zero-order valence-corrected chi connectivity index (χ0v) is 9.21. The van der Waals surface area contributed by atoms with E-state index in [1.165, 1.54) is 0 Å². The first-order valence-corrected chi connectivity index (χ1v) is 5.15. The highest BCUT2D eigenvalue weighted by molar-refractivity contribution is 6.05. The zero-order valence-electron chi connectivity index (χ0n) is 9.21. The van der Waals surface area contributed by atoms with Gasteiger partial charge in [0.2, 0.25) is 5.91 Å². The summed E-state index contributed by atoms with van der Waals surface area (Å²) in [6.07, 6.45) is 3.59. The molecule has 2 atom stereocenters. The molecule has 0 saturated carbocycles. The summed E-state index contributed by atoms with van der Waals surface area (Å²) in [5.74, 6) is -0.0224. The summed E-state index contributed by atoms with van der Waals surface area (Å²) >= 11 is 0. The van der Waals surface area contributed by atoms with Crippen LogP contribution in [0, 0.1) is 0 Å². The average molecular weight is 208 g/mol. The Bertz CT molecular complexity index is 385. The molecule has 1 aromatic rings. The second-order valence-corrected chi connectivity index (χ2v) is 4.25. The van der Waals surface area contributed by atoms with Gasteiger partial charge < -0.3 is 10.6 Å². The monoisotopic (exact) mass is 208 g/mol. The maximum Gasteiger partial charge on any atom is 0.246 e. The number of carbonyl (C=O) groups excluding carboxylic acids is 1. The summed E-state index contributed by atoms with van der Waals surface area (Å²) in [6, 6.07) is 0.0221. The standard InChI is InChI=1S/C10H16N4O/c1-6(2)13-5-8(4-12-13)14-7(3)9(11)10(14)15/h4-7,9H,11H2,1-3H3/t7-,9+/m0/s1. The van der Waals surface area contributed by atoms with Crippen LogP contribution in [0.4, 0.5) is 5.69 Å². The number of amides is 1. The molecule has 0 aromatic carbocycles. The van der Waals surface area contributed by atoms with Crippen molar-refractivity contribution in [2.24, 2.45) is 5.73 Å². The highest BCUT2D eigenvalue weighted by atomic mass is 16.2. The Morgan fingerprint density at radius 3 is 2.67 bits per heavy atom. The van der Waals surface area contributed by atoms with Gasteiger partial charge in [0.15, 0.2) is 0 Å². The van der Waals surface area contributed by atoms with Crippen LogP contribution in [0.5, 0.6) is 0 Å². The number of hydrogen-bond acceptors (Lipinski definition) is 3. The van der Waals surface area contributed by atoms with E-state index in [1.54, 1.807) is 11.1 Å². The Balaban J connectivity index is 2.20. The van der Waals surface area contributed by atoms with Crippen LogP contribution in [-0.4, -0.2) is 27.8 Å². The quantitative estimate of drug-likeness (QED) is 0.721. The van der Waals surface area contributed by atoms with Gasteiger partial charge in [0.05, 0.1) is 17.9 Å². The number of hydrogen-bond donors (Lipinski definition) is 1. The molecule has 2 N–H and O–H groups in total. The van der Waals surface area contributed by atoms with Gasteiger partial charge in [0.1, 0.15) is 6.04 Å². The number of anilines is 1. The Kier molecular flexibility index (Phi) is 2.26. The minimum Gasteiger partial charge on any atom is -0.318 e. The third-order valence-electron chi connectivity index (χ3n) is 2.84. The van der Waals surface area contributed by atoms with Crippen LogP contribution in [0.3, 0.4) is 0 Å². The fourth-order valence-corrected chi connectivity index (χ4v) is 1.74. The number of carbonyl (C=O) groups is 1. The zero-order chi connectivity index (χ0) is 11.2. The van der Waals surface area contributed by atoms with Crippen LogP contribution in [0.1, 0.15) is 26.8 Å². The van der Waals surface area contributed by atoms with E-state index in [0.29, 0.717) is 6.04 Å². The van der Waals surface area contributed by atoms with E-state index in [0.717, 1.165) is 5.69 Å². The molecule has 5 nitrogen and oxygen atoms in total. The van der Waals surface area contributed by atoms with Crippen molar-refractivity contribution in [2.75, 3.05) is 4.90 Å². The molecular weight excluding hydrogens is 192 g/mol. The lowest BCUT2D eigenvalue weighted by Crippen LogP contribution is -2.67.